The molecule has 21 heavy (non-hydrogen) atoms. The minimum atomic E-state index is -3.88. The van der Waals surface area contributed by atoms with Crippen molar-refractivity contribution in [1.82, 2.24) is 4.98 Å². The summed E-state index contributed by atoms with van der Waals surface area (Å²) in [4.78, 5) is 3.93. The number of aliphatic hydroxyl groups excluding tert-OH is 1. The van der Waals surface area contributed by atoms with E-state index >= 15 is 0 Å². The van der Waals surface area contributed by atoms with E-state index in [2.05, 4.69) is 25.6 Å². The molecule has 2 rings (SSSR count). The summed E-state index contributed by atoms with van der Waals surface area (Å²) in [6.45, 7) is 1.47. The highest BCUT2D eigenvalue weighted by Crippen LogP contribution is 2.26. The number of pyridine rings is 1. The number of halogens is 2. The van der Waals surface area contributed by atoms with E-state index in [0.717, 1.165) is 4.47 Å². The Hall–Kier alpha value is -1.15. The molecule has 0 atom stereocenters. The molecule has 2 aromatic rings. The Balaban J connectivity index is 2.43. The molecule has 0 bridgehead atoms. The summed E-state index contributed by atoms with van der Waals surface area (Å²) >= 11 is 9.20. The van der Waals surface area contributed by atoms with E-state index < -0.39 is 10.0 Å². The second-order valence-corrected chi connectivity index (χ2v) is 7.32. The molecule has 0 aliphatic heterocycles. The predicted molar refractivity (Wildman–Crippen MR) is 84.9 cm³/mol. The number of rotatable bonds is 4. The maximum absolute atomic E-state index is 12.4. The molecular weight excluding hydrogens is 380 g/mol. The van der Waals surface area contributed by atoms with Crippen LogP contribution in [0.2, 0.25) is 5.02 Å². The second kappa shape index (κ2) is 6.31. The molecule has 1 heterocycles. The van der Waals surface area contributed by atoms with Gasteiger partial charge in [0.05, 0.1) is 11.6 Å². The highest BCUT2D eigenvalue weighted by molar-refractivity contribution is 9.10. The van der Waals surface area contributed by atoms with Gasteiger partial charge in [-0.25, -0.2) is 13.4 Å². The van der Waals surface area contributed by atoms with Gasteiger partial charge in [0.2, 0.25) is 0 Å². The Labute approximate surface area is 136 Å². The van der Waals surface area contributed by atoms with Crippen molar-refractivity contribution in [2.45, 2.75) is 18.4 Å². The number of hydrogen-bond acceptors (Lipinski definition) is 4. The summed E-state index contributed by atoms with van der Waals surface area (Å²) < 4.78 is 27.9. The molecule has 0 amide bonds. The fraction of sp³-hybridized carbons (Fsp3) is 0.154. The van der Waals surface area contributed by atoms with Crippen LogP contribution in [0.4, 0.5) is 5.82 Å². The van der Waals surface area contributed by atoms with Crippen LogP contribution in [0, 0.1) is 6.92 Å². The number of sulfonamides is 1. The van der Waals surface area contributed by atoms with Gasteiger partial charge in [0.25, 0.3) is 10.0 Å². The van der Waals surface area contributed by atoms with Crippen molar-refractivity contribution < 1.29 is 13.5 Å². The molecule has 112 valence electrons. The van der Waals surface area contributed by atoms with Crippen LogP contribution in [0.3, 0.4) is 0 Å². The minimum absolute atomic E-state index is 0.0782. The molecular formula is C13H12BrClN2O3S. The van der Waals surface area contributed by atoms with Gasteiger partial charge in [0.1, 0.15) is 10.7 Å². The molecule has 1 aromatic heterocycles. The second-order valence-electron chi connectivity index (χ2n) is 4.35. The van der Waals surface area contributed by atoms with Crippen LogP contribution in [0.15, 0.2) is 39.8 Å². The summed E-state index contributed by atoms with van der Waals surface area (Å²) in [7, 11) is -3.88. The van der Waals surface area contributed by atoms with Crippen molar-refractivity contribution in [2.75, 3.05) is 4.72 Å². The number of anilines is 1. The quantitative estimate of drug-likeness (QED) is 0.839. The lowest BCUT2D eigenvalue weighted by molar-refractivity contribution is 0.281. The van der Waals surface area contributed by atoms with Crippen molar-refractivity contribution in [3.63, 3.8) is 0 Å². The third kappa shape index (κ3) is 3.74. The van der Waals surface area contributed by atoms with E-state index in [1.165, 1.54) is 18.3 Å². The first-order chi connectivity index (χ1) is 9.83. The number of aryl methyl sites for hydroxylation is 1. The van der Waals surface area contributed by atoms with Crippen LogP contribution >= 0.6 is 27.5 Å². The Morgan fingerprint density at radius 2 is 2.10 bits per heavy atom. The molecule has 0 saturated heterocycles. The summed E-state index contributed by atoms with van der Waals surface area (Å²) in [5.41, 5.74) is 1.13. The monoisotopic (exact) mass is 390 g/mol. The molecule has 0 fully saturated rings. The highest BCUT2D eigenvalue weighted by Gasteiger charge is 2.20. The number of nitrogens with one attached hydrogen (secondary N) is 1. The molecule has 0 unspecified atom stereocenters. The molecule has 0 aliphatic carbocycles. The van der Waals surface area contributed by atoms with Crippen molar-refractivity contribution in [1.29, 1.82) is 0 Å². The normalized spacial score (nSPS) is 11.4. The van der Waals surface area contributed by atoms with E-state index in [1.54, 1.807) is 19.1 Å². The van der Waals surface area contributed by atoms with E-state index in [4.69, 9.17) is 16.7 Å². The fourth-order valence-electron chi connectivity index (χ4n) is 1.68. The van der Waals surface area contributed by atoms with Crippen molar-refractivity contribution in [2.24, 2.45) is 0 Å². The zero-order valence-corrected chi connectivity index (χ0v) is 14.1. The van der Waals surface area contributed by atoms with E-state index in [-0.39, 0.29) is 22.3 Å². The number of nitrogens with zero attached hydrogens (tertiary/aromatic N) is 1. The zero-order valence-electron chi connectivity index (χ0n) is 11.0. The smallest absolute Gasteiger partial charge is 0.264 e. The van der Waals surface area contributed by atoms with Crippen molar-refractivity contribution in [3.05, 3.63) is 51.1 Å². The van der Waals surface area contributed by atoms with Crippen molar-refractivity contribution in [3.8, 4) is 0 Å². The largest absolute Gasteiger partial charge is 0.392 e. The topological polar surface area (TPSA) is 79.3 Å². The lowest BCUT2D eigenvalue weighted by Crippen LogP contribution is -2.15. The Morgan fingerprint density at radius 1 is 1.38 bits per heavy atom. The fourth-order valence-corrected chi connectivity index (χ4v) is 3.76. The average Bonchev–Trinajstić information content (AvgIpc) is 2.42. The highest BCUT2D eigenvalue weighted by atomic mass is 79.9. The molecule has 8 heteroatoms. The van der Waals surface area contributed by atoms with Gasteiger partial charge in [-0.3, -0.25) is 4.72 Å². The lowest BCUT2D eigenvalue weighted by atomic mass is 10.2. The molecule has 5 nitrogen and oxygen atoms in total. The lowest BCUT2D eigenvalue weighted by Gasteiger charge is -2.11. The summed E-state index contributed by atoms with van der Waals surface area (Å²) in [5.74, 6) is 0.226. The SMILES string of the molecule is Cc1cc(Br)cnc1NS(=O)(=O)c1cc(CO)ccc1Cl. The maximum Gasteiger partial charge on any atom is 0.264 e. The van der Waals surface area contributed by atoms with Crippen molar-refractivity contribution >= 4 is 43.4 Å². The van der Waals surface area contributed by atoms with Crippen LogP contribution in [-0.4, -0.2) is 18.5 Å². The van der Waals surface area contributed by atoms with E-state index in [9.17, 15) is 8.42 Å². The third-order valence-electron chi connectivity index (χ3n) is 2.74. The maximum atomic E-state index is 12.4. The summed E-state index contributed by atoms with van der Waals surface area (Å²) in [6.07, 6.45) is 1.50. The van der Waals surface area contributed by atoms with Crippen LogP contribution in [0.25, 0.3) is 0 Å². The third-order valence-corrected chi connectivity index (χ3v) is 5.00. The Morgan fingerprint density at radius 3 is 2.71 bits per heavy atom. The minimum Gasteiger partial charge on any atom is -0.392 e. The standard InChI is InChI=1S/C13H12BrClN2O3S/c1-8-4-10(14)6-16-13(8)17-21(19,20)12-5-9(7-18)2-3-11(12)15/h2-6,18H,7H2,1H3,(H,16,17). The van der Waals surface area contributed by atoms with Gasteiger partial charge < -0.3 is 5.11 Å². The molecule has 1 aromatic carbocycles. The molecule has 0 spiro atoms. The summed E-state index contributed by atoms with van der Waals surface area (Å²) in [6, 6.07) is 6.07. The van der Waals surface area contributed by atoms with Gasteiger partial charge in [0, 0.05) is 10.7 Å². The van der Waals surface area contributed by atoms with Gasteiger partial charge in [-0.05, 0) is 52.2 Å². The zero-order chi connectivity index (χ0) is 15.6. The molecule has 0 radical (unpaired) electrons. The van der Waals surface area contributed by atoms with Gasteiger partial charge in [-0.2, -0.15) is 0 Å². The average molecular weight is 392 g/mol. The Kier molecular flexibility index (Phi) is 4.88. The number of hydrogen-bond donors (Lipinski definition) is 2. The first kappa shape index (κ1) is 16.2. The molecule has 0 aliphatic rings. The van der Waals surface area contributed by atoms with Gasteiger partial charge >= 0.3 is 0 Å². The molecule has 2 N–H and O–H groups in total. The number of aliphatic hydroxyl groups is 1. The van der Waals surface area contributed by atoms with Crippen LogP contribution in [0.1, 0.15) is 11.1 Å². The summed E-state index contributed by atoms with van der Waals surface area (Å²) in [5, 5.41) is 9.19. The first-order valence-electron chi connectivity index (χ1n) is 5.88. The number of aromatic nitrogens is 1. The van der Waals surface area contributed by atoms with Gasteiger partial charge in [0.15, 0.2) is 0 Å². The number of benzene rings is 1. The van der Waals surface area contributed by atoms with Gasteiger partial charge in [-0.15, -0.1) is 0 Å². The van der Waals surface area contributed by atoms with Crippen LogP contribution < -0.4 is 4.72 Å². The van der Waals surface area contributed by atoms with Gasteiger partial charge in [-0.1, -0.05) is 17.7 Å². The van der Waals surface area contributed by atoms with Crippen LogP contribution in [-0.2, 0) is 16.6 Å². The predicted octanol–water partition coefficient (Wildman–Crippen LogP) is 3.10. The Bertz CT molecular complexity index is 781. The van der Waals surface area contributed by atoms with Crippen LogP contribution in [0.5, 0.6) is 0 Å². The van der Waals surface area contributed by atoms with E-state index in [0.29, 0.717) is 11.1 Å². The first-order valence-corrected chi connectivity index (χ1v) is 8.53. The van der Waals surface area contributed by atoms with E-state index in [1.807, 2.05) is 0 Å². The molecule has 0 saturated carbocycles.